The summed E-state index contributed by atoms with van der Waals surface area (Å²) in [7, 11) is 1.32. The van der Waals surface area contributed by atoms with Crippen molar-refractivity contribution in [3.63, 3.8) is 0 Å². The van der Waals surface area contributed by atoms with Crippen LogP contribution in [0.25, 0.3) is 6.08 Å². The summed E-state index contributed by atoms with van der Waals surface area (Å²) in [4.78, 5) is 13.1. The predicted molar refractivity (Wildman–Crippen MR) is 92.7 cm³/mol. The molecule has 0 radical (unpaired) electrons. The Labute approximate surface area is 152 Å². The molecule has 3 nitrogen and oxygen atoms in total. The minimum absolute atomic E-state index is 0.0752. The number of rotatable bonds is 6. The molecule has 0 fully saturated rings. The smallest absolute Gasteiger partial charge is 0.387 e. The number of hydrogen-bond donors (Lipinski definition) is 0. The second kappa shape index (κ2) is 8.03. The zero-order valence-corrected chi connectivity index (χ0v) is 15.7. The molecule has 23 heavy (non-hydrogen) atoms. The fraction of sp³-hybridized carbons (Fsp3) is 0.133. The Kier molecular flexibility index (Phi) is 6.32. The highest BCUT2D eigenvalue weighted by Crippen LogP contribution is 2.33. The molecule has 0 spiro atoms. The number of allylic oxidation sites excluding steroid dienone is 1. The molecule has 0 aliphatic rings. The molecular weight excluding hydrogens is 458 g/mol. The second-order valence-electron chi connectivity index (χ2n) is 4.21. The van der Waals surface area contributed by atoms with Crippen molar-refractivity contribution in [2.45, 2.75) is 6.61 Å². The highest BCUT2D eigenvalue weighted by atomic mass is 79.9. The number of methoxy groups -OCH3 is 1. The van der Waals surface area contributed by atoms with E-state index in [0.717, 1.165) is 13.1 Å². The van der Waals surface area contributed by atoms with Gasteiger partial charge in [0, 0.05) is 14.9 Å². The minimum atomic E-state index is -2.96. The molecule has 122 valence electrons. The van der Waals surface area contributed by atoms with Crippen LogP contribution in [0, 0.1) is 0 Å². The normalized spacial score (nSPS) is 11.2. The van der Waals surface area contributed by atoms with Crippen molar-refractivity contribution in [2.24, 2.45) is 0 Å². The van der Waals surface area contributed by atoms with Gasteiger partial charge in [-0.2, -0.15) is 8.78 Å². The standard InChI is InChI=1S/C15H10Br2F2O3S/c1-21-13-6-8(2-5-12(13)22-15(18)19)11(20)4-3-9-7-10(16)14(17)23-9/h2-7,15H,1H3/b4-3+. The molecule has 2 rings (SSSR count). The second-order valence-corrected chi connectivity index (χ2v) is 7.47. The fourth-order valence-electron chi connectivity index (χ4n) is 1.71. The van der Waals surface area contributed by atoms with Crippen LogP contribution >= 0.6 is 43.2 Å². The number of halogens is 4. The Morgan fingerprint density at radius 3 is 2.57 bits per heavy atom. The Morgan fingerprint density at radius 2 is 2.00 bits per heavy atom. The molecule has 0 N–H and O–H groups in total. The molecule has 0 bridgehead atoms. The Bertz CT molecular complexity index is 725. The number of carbonyl (C=O) groups is 1. The lowest BCUT2D eigenvalue weighted by Gasteiger charge is -2.10. The summed E-state index contributed by atoms with van der Waals surface area (Å²) in [6, 6.07) is 5.93. The van der Waals surface area contributed by atoms with Gasteiger partial charge in [-0.25, -0.2) is 0 Å². The van der Waals surface area contributed by atoms with E-state index in [1.807, 2.05) is 6.07 Å². The minimum Gasteiger partial charge on any atom is -0.493 e. The molecule has 8 heteroatoms. The quantitative estimate of drug-likeness (QED) is 0.399. The molecule has 0 atom stereocenters. The number of hydrogen-bond acceptors (Lipinski definition) is 4. The van der Waals surface area contributed by atoms with Gasteiger partial charge in [0.2, 0.25) is 0 Å². The van der Waals surface area contributed by atoms with Crippen LogP contribution in [0.1, 0.15) is 15.2 Å². The average Bonchev–Trinajstić information content (AvgIpc) is 2.83. The first-order valence-corrected chi connectivity index (χ1v) is 8.61. The van der Waals surface area contributed by atoms with E-state index in [4.69, 9.17) is 4.74 Å². The van der Waals surface area contributed by atoms with Gasteiger partial charge in [-0.15, -0.1) is 11.3 Å². The number of thiophene rings is 1. The van der Waals surface area contributed by atoms with E-state index in [1.165, 1.54) is 42.7 Å². The van der Waals surface area contributed by atoms with Gasteiger partial charge in [0.05, 0.1) is 10.9 Å². The third-order valence-electron chi connectivity index (χ3n) is 2.73. The number of carbonyl (C=O) groups excluding carboxylic acids is 1. The van der Waals surface area contributed by atoms with Gasteiger partial charge < -0.3 is 9.47 Å². The van der Waals surface area contributed by atoms with E-state index in [0.29, 0.717) is 5.56 Å². The van der Waals surface area contributed by atoms with Gasteiger partial charge in [0.1, 0.15) is 0 Å². The van der Waals surface area contributed by atoms with E-state index in [2.05, 4.69) is 36.6 Å². The van der Waals surface area contributed by atoms with Crippen molar-refractivity contribution in [3.8, 4) is 11.5 Å². The third kappa shape index (κ3) is 4.86. The zero-order chi connectivity index (χ0) is 17.0. The first-order valence-electron chi connectivity index (χ1n) is 6.21. The van der Waals surface area contributed by atoms with Crippen LogP contribution in [0.2, 0.25) is 0 Å². The van der Waals surface area contributed by atoms with Crippen LogP contribution in [0.4, 0.5) is 8.78 Å². The molecule has 0 unspecified atom stereocenters. The average molecular weight is 468 g/mol. The topological polar surface area (TPSA) is 35.5 Å². The monoisotopic (exact) mass is 466 g/mol. The van der Waals surface area contributed by atoms with Crippen molar-refractivity contribution in [3.05, 3.63) is 49.0 Å². The van der Waals surface area contributed by atoms with Crippen molar-refractivity contribution in [1.82, 2.24) is 0 Å². The summed E-state index contributed by atoms with van der Waals surface area (Å²) in [5.74, 6) is -0.312. The molecule has 0 amide bonds. The molecule has 1 heterocycles. The van der Waals surface area contributed by atoms with Crippen LogP contribution in [-0.2, 0) is 0 Å². The van der Waals surface area contributed by atoms with Crippen molar-refractivity contribution < 1.29 is 23.0 Å². The maximum atomic E-state index is 12.3. The molecule has 0 saturated heterocycles. The van der Waals surface area contributed by atoms with E-state index in [9.17, 15) is 13.6 Å². The SMILES string of the molecule is COc1cc(C(=O)/C=C/c2cc(Br)c(Br)s2)ccc1OC(F)F. The highest BCUT2D eigenvalue weighted by Gasteiger charge is 2.13. The van der Waals surface area contributed by atoms with Crippen molar-refractivity contribution in [2.75, 3.05) is 7.11 Å². The van der Waals surface area contributed by atoms with Gasteiger partial charge in [-0.3, -0.25) is 4.79 Å². The lowest BCUT2D eigenvalue weighted by Crippen LogP contribution is -2.04. The maximum absolute atomic E-state index is 12.3. The first-order chi connectivity index (χ1) is 10.9. The van der Waals surface area contributed by atoms with E-state index >= 15 is 0 Å². The zero-order valence-electron chi connectivity index (χ0n) is 11.7. The Morgan fingerprint density at radius 1 is 1.26 bits per heavy atom. The van der Waals surface area contributed by atoms with E-state index in [-0.39, 0.29) is 17.3 Å². The van der Waals surface area contributed by atoms with Gasteiger partial charge >= 0.3 is 6.61 Å². The molecule has 0 aliphatic heterocycles. The Hall–Kier alpha value is -1.25. The van der Waals surface area contributed by atoms with Crippen molar-refractivity contribution >= 4 is 55.1 Å². The first kappa shape index (κ1) is 18.1. The summed E-state index contributed by atoms with van der Waals surface area (Å²) < 4.78 is 35.7. The largest absolute Gasteiger partial charge is 0.493 e. The number of ether oxygens (including phenoxy) is 2. The molecule has 0 saturated carbocycles. The molecule has 0 aliphatic carbocycles. The van der Waals surface area contributed by atoms with E-state index < -0.39 is 6.61 Å². The molecule has 2 aromatic rings. The molecular formula is C15H10Br2F2O3S. The lowest BCUT2D eigenvalue weighted by molar-refractivity contribution is -0.0512. The summed E-state index contributed by atoms with van der Waals surface area (Å²) in [5.41, 5.74) is 0.314. The van der Waals surface area contributed by atoms with Crippen LogP contribution < -0.4 is 9.47 Å². The highest BCUT2D eigenvalue weighted by molar-refractivity contribution is 9.13. The van der Waals surface area contributed by atoms with Crippen molar-refractivity contribution in [1.29, 1.82) is 0 Å². The van der Waals surface area contributed by atoms with Crippen LogP contribution in [0.15, 0.2) is 38.6 Å². The number of alkyl halides is 2. The summed E-state index contributed by atoms with van der Waals surface area (Å²) >= 11 is 8.21. The number of ketones is 1. The van der Waals surface area contributed by atoms with Gasteiger partial charge in [-0.05, 0) is 68.3 Å². The Balaban J connectivity index is 2.18. The van der Waals surface area contributed by atoms with E-state index in [1.54, 1.807) is 6.08 Å². The lowest BCUT2D eigenvalue weighted by atomic mass is 10.1. The van der Waals surface area contributed by atoms with Gasteiger partial charge in [-0.1, -0.05) is 0 Å². The van der Waals surface area contributed by atoms with Crippen LogP contribution in [-0.4, -0.2) is 19.5 Å². The van der Waals surface area contributed by atoms with Crippen LogP contribution in [0.5, 0.6) is 11.5 Å². The van der Waals surface area contributed by atoms with Gasteiger partial charge in [0.15, 0.2) is 17.3 Å². The third-order valence-corrected chi connectivity index (χ3v) is 5.95. The predicted octanol–water partition coefficient (Wildman–Crippen LogP) is 5.78. The summed E-state index contributed by atoms with van der Waals surface area (Å²) in [6.07, 6.45) is 3.09. The maximum Gasteiger partial charge on any atom is 0.387 e. The van der Waals surface area contributed by atoms with Crippen LogP contribution in [0.3, 0.4) is 0 Å². The summed E-state index contributed by atoms with van der Waals surface area (Å²) in [5, 5.41) is 0. The molecule has 1 aromatic heterocycles. The summed E-state index contributed by atoms with van der Waals surface area (Å²) in [6.45, 7) is -2.96. The number of benzene rings is 1. The van der Waals surface area contributed by atoms with Gasteiger partial charge in [0.25, 0.3) is 0 Å². The fourth-order valence-corrected chi connectivity index (χ4v) is 3.71. The molecule has 1 aromatic carbocycles.